The van der Waals surface area contributed by atoms with Gasteiger partial charge < -0.3 is 9.84 Å². The first-order valence-corrected chi connectivity index (χ1v) is 6.33. The van der Waals surface area contributed by atoms with E-state index in [1.807, 2.05) is 12.5 Å². The van der Waals surface area contributed by atoms with Crippen molar-refractivity contribution in [3.05, 3.63) is 35.2 Å². The first-order chi connectivity index (χ1) is 6.63. The predicted molar refractivity (Wildman–Crippen MR) is 60.2 cm³/mol. The normalized spacial score (nSPS) is 11.9. The molecule has 2 nitrogen and oxygen atoms in total. The molecule has 0 atom stereocenters. The summed E-state index contributed by atoms with van der Waals surface area (Å²) in [6.07, 6.45) is 4.03. The average molecular weight is 210 g/mol. The molecule has 0 spiro atoms. The van der Waals surface area contributed by atoms with E-state index in [1.165, 1.54) is 0 Å². The van der Waals surface area contributed by atoms with E-state index >= 15 is 0 Å². The lowest BCUT2D eigenvalue weighted by Gasteiger charge is -2.10. The standard InChI is InChI=1S/C11H14O2S/c1-13-10-6-4-9(5-7-10)11(12)8-14(2)3/h4-8H,1-3H3/b11-8-. The molecule has 0 fully saturated rings. The number of hydrogen-bond acceptors (Lipinski definition) is 2. The zero-order chi connectivity index (χ0) is 10.6. The van der Waals surface area contributed by atoms with E-state index in [1.54, 1.807) is 36.8 Å². The molecular weight excluding hydrogens is 196 g/mol. The van der Waals surface area contributed by atoms with Crippen molar-refractivity contribution in [3.63, 3.8) is 0 Å². The van der Waals surface area contributed by atoms with Gasteiger partial charge in [-0.1, -0.05) is 17.9 Å². The highest BCUT2D eigenvalue weighted by atomic mass is 32.2. The lowest BCUT2D eigenvalue weighted by atomic mass is 10.2. The number of ether oxygens (including phenoxy) is 1. The highest BCUT2D eigenvalue weighted by Crippen LogP contribution is 2.15. The molecule has 0 aromatic heterocycles. The first-order valence-electron chi connectivity index (χ1n) is 4.23. The second-order valence-corrected chi connectivity index (χ2v) is 5.09. The van der Waals surface area contributed by atoms with Gasteiger partial charge in [0.1, 0.15) is 23.7 Å². The van der Waals surface area contributed by atoms with Crippen LogP contribution in [0.3, 0.4) is 0 Å². The summed E-state index contributed by atoms with van der Waals surface area (Å²) in [5.74, 6) is 0.856. The number of benzene rings is 1. The third-order valence-corrected chi connectivity index (χ3v) is 2.40. The lowest BCUT2D eigenvalue weighted by Crippen LogP contribution is -2.04. The molecule has 0 radical (unpaired) electrons. The Balaban J connectivity index is 2.86. The highest BCUT2D eigenvalue weighted by molar-refractivity contribution is 7.98. The summed E-state index contributed by atoms with van der Waals surface area (Å²) in [5, 5.41) is 13.3. The van der Waals surface area contributed by atoms with E-state index in [9.17, 15) is 5.11 Å². The predicted octanol–water partition coefficient (Wildman–Crippen LogP) is 1.23. The third kappa shape index (κ3) is 3.00. The van der Waals surface area contributed by atoms with Crippen LogP contribution in [0.4, 0.5) is 0 Å². The van der Waals surface area contributed by atoms with Gasteiger partial charge >= 0.3 is 0 Å². The minimum absolute atomic E-state index is 0.0409. The molecule has 0 unspecified atom stereocenters. The average Bonchev–Trinajstić information content (AvgIpc) is 2.17. The van der Waals surface area contributed by atoms with Gasteiger partial charge in [0, 0.05) is 10.9 Å². The Morgan fingerprint density at radius 3 is 2.29 bits per heavy atom. The summed E-state index contributed by atoms with van der Waals surface area (Å²) in [6.45, 7) is 0. The summed E-state index contributed by atoms with van der Waals surface area (Å²) in [7, 11) is 1.65. The molecule has 1 aromatic carbocycles. The molecule has 76 valence electrons. The Bertz CT molecular complexity index is 315. The number of hydrogen-bond donors (Lipinski definition) is 0. The van der Waals surface area contributed by atoms with Crippen LogP contribution >= 0.6 is 0 Å². The van der Waals surface area contributed by atoms with E-state index in [-0.39, 0.29) is 16.7 Å². The highest BCUT2D eigenvalue weighted by Gasteiger charge is 1.98. The van der Waals surface area contributed by atoms with E-state index in [0.29, 0.717) is 5.56 Å². The fourth-order valence-corrected chi connectivity index (χ4v) is 1.60. The van der Waals surface area contributed by atoms with E-state index in [0.717, 1.165) is 5.75 Å². The summed E-state index contributed by atoms with van der Waals surface area (Å²) < 4.78 is 5.01. The van der Waals surface area contributed by atoms with Crippen molar-refractivity contribution in [2.75, 3.05) is 19.6 Å². The van der Waals surface area contributed by atoms with Gasteiger partial charge in [0.25, 0.3) is 0 Å². The van der Waals surface area contributed by atoms with Crippen LogP contribution in [0, 0.1) is 0 Å². The summed E-state index contributed by atoms with van der Waals surface area (Å²) in [6, 6.07) is 7.16. The van der Waals surface area contributed by atoms with Gasteiger partial charge in [-0.3, -0.25) is 0 Å². The molecule has 1 rings (SSSR count). The Kier molecular flexibility index (Phi) is 3.89. The minimum atomic E-state index is 0.0409. The van der Waals surface area contributed by atoms with E-state index in [4.69, 9.17) is 4.74 Å². The Hall–Kier alpha value is -1.09. The minimum Gasteiger partial charge on any atom is -0.869 e. The van der Waals surface area contributed by atoms with Crippen LogP contribution in [0.1, 0.15) is 5.56 Å². The van der Waals surface area contributed by atoms with Crippen LogP contribution in [0.2, 0.25) is 0 Å². The van der Waals surface area contributed by atoms with Gasteiger partial charge in [0.15, 0.2) is 0 Å². The van der Waals surface area contributed by atoms with Crippen LogP contribution in [-0.4, -0.2) is 19.6 Å². The molecule has 1 aromatic rings. The second-order valence-electron chi connectivity index (χ2n) is 3.09. The molecular formula is C11H14O2S. The quantitative estimate of drug-likeness (QED) is 0.555. The zero-order valence-electron chi connectivity index (χ0n) is 8.61. The lowest BCUT2D eigenvalue weighted by molar-refractivity contribution is -0.243. The third-order valence-electron chi connectivity index (χ3n) is 1.72. The molecule has 0 heterocycles. The maximum absolute atomic E-state index is 11.6. The number of methoxy groups -OCH3 is 1. The molecule has 0 aliphatic heterocycles. The smallest absolute Gasteiger partial charge is 0.118 e. The van der Waals surface area contributed by atoms with Gasteiger partial charge in [-0.15, -0.1) is 0 Å². The molecule has 0 saturated heterocycles. The van der Waals surface area contributed by atoms with Crippen molar-refractivity contribution in [2.24, 2.45) is 0 Å². The van der Waals surface area contributed by atoms with Crippen molar-refractivity contribution in [1.29, 1.82) is 0 Å². The molecule has 0 N–H and O–H groups in total. The van der Waals surface area contributed by atoms with Crippen LogP contribution in [-0.2, 0) is 10.9 Å². The van der Waals surface area contributed by atoms with Crippen molar-refractivity contribution < 1.29 is 9.84 Å². The van der Waals surface area contributed by atoms with E-state index < -0.39 is 0 Å². The van der Waals surface area contributed by atoms with Gasteiger partial charge in [0.05, 0.1) is 7.11 Å². The maximum Gasteiger partial charge on any atom is 0.118 e. The molecule has 0 aliphatic carbocycles. The van der Waals surface area contributed by atoms with Crippen LogP contribution in [0.25, 0.3) is 5.76 Å². The van der Waals surface area contributed by atoms with Crippen molar-refractivity contribution >= 4 is 16.7 Å². The SMILES string of the molecule is COc1ccc(/C([O-])=C/[S+](C)C)cc1. The molecule has 0 aliphatic rings. The fourth-order valence-electron chi connectivity index (χ4n) is 1.04. The molecule has 14 heavy (non-hydrogen) atoms. The molecule has 0 amide bonds. The van der Waals surface area contributed by atoms with Crippen LogP contribution < -0.4 is 9.84 Å². The van der Waals surface area contributed by atoms with Gasteiger partial charge in [0.2, 0.25) is 0 Å². The topological polar surface area (TPSA) is 32.3 Å². The maximum atomic E-state index is 11.6. The van der Waals surface area contributed by atoms with Crippen molar-refractivity contribution in [3.8, 4) is 5.75 Å². The molecule has 0 bridgehead atoms. The van der Waals surface area contributed by atoms with Crippen molar-refractivity contribution in [1.82, 2.24) is 0 Å². The first kappa shape index (κ1) is 11.0. The van der Waals surface area contributed by atoms with Crippen LogP contribution in [0.15, 0.2) is 29.7 Å². The molecule has 3 heteroatoms. The van der Waals surface area contributed by atoms with Gasteiger partial charge in [-0.2, -0.15) is 0 Å². The monoisotopic (exact) mass is 210 g/mol. The fraction of sp³-hybridized carbons (Fsp3) is 0.273. The van der Waals surface area contributed by atoms with Gasteiger partial charge in [-0.05, 0) is 17.7 Å². The van der Waals surface area contributed by atoms with E-state index in [2.05, 4.69) is 0 Å². The van der Waals surface area contributed by atoms with Gasteiger partial charge in [-0.25, -0.2) is 0 Å². The Morgan fingerprint density at radius 2 is 1.86 bits per heavy atom. The Morgan fingerprint density at radius 1 is 1.29 bits per heavy atom. The summed E-state index contributed by atoms with van der Waals surface area (Å²) in [5.41, 5.74) is 0.715. The second kappa shape index (κ2) is 4.96. The summed E-state index contributed by atoms with van der Waals surface area (Å²) in [4.78, 5) is 0. The number of rotatable bonds is 3. The molecule has 0 saturated carbocycles. The van der Waals surface area contributed by atoms with Crippen molar-refractivity contribution in [2.45, 2.75) is 0 Å². The Labute approximate surface area is 87.6 Å². The zero-order valence-corrected chi connectivity index (χ0v) is 9.43. The van der Waals surface area contributed by atoms with Crippen LogP contribution in [0.5, 0.6) is 5.75 Å². The largest absolute Gasteiger partial charge is 0.869 e. The summed E-state index contributed by atoms with van der Waals surface area (Å²) >= 11 is 0.